The van der Waals surface area contributed by atoms with E-state index in [0.717, 1.165) is 12.2 Å². The highest BCUT2D eigenvalue weighted by Gasteiger charge is 2.04. The fourth-order valence-corrected chi connectivity index (χ4v) is 2.58. The molecule has 1 amide bonds. The molecule has 156 valence electrons. The quantitative estimate of drug-likeness (QED) is 0.515. The summed E-state index contributed by atoms with van der Waals surface area (Å²) < 4.78 is 35.8. The van der Waals surface area contributed by atoms with Gasteiger partial charge in [-0.1, -0.05) is 31.2 Å². The van der Waals surface area contributed by atoms with Crippen molar-refractivity contribution in [2.24, 2.45) is 0 Å². The van der Waals surface area contributed by atoms with Gasteiger partial charge in [-0.2, -0.15) is 13.9 Å². The fourth-order valence-electron chi connectivity index (χ4n) is 2.58. The topological polar surface area (TPSA) is 65.4 Å². The molecule has 1 heterocycles. The molecule has 0 aliphatic carbocycles. The van der Waals surface area contributed by atoms with E-state index >= 15 is 0 Å². The van der Waals surface area contributed by atoms with Crippen molar-refractivity contribution in [3.05, 3.63) is 78.1 Å². The van der Waals surface area contributed by atoms with Crippen LogP contribution in [0.3, 0.4) is 0 Å². The van der Waals surface area contributed by atoms with Crippen molar-refractivity contribution in [2.75, 3.05) is 5.32 Å². The summed E-state index contributed by atoms with van der Waals surface area (Å²) in [5.41, 5.74) is 2.43. The number of aromatic nitrogens is 2. The van der Waals surface area contributed by atoms with Crippen molar-refractivity contribution in [3.8, 4) is 11.5 Å². The Morgan fingerprint density at radius 2 is 1.83 bits per heavy atom. The van der Waals surface area contributed by atoms with Crippen molar-refractivity contribution in [3.63, 3.8) is 0 Å². The normalized spacial score (nSPS) is 11.1. The second-order valence-corrected chi connectivity index (χ2v) is 6.31. The summed E-state index contributed by atoms with van der Waals surface area (Å²) in [5.74, 6) is 0.447. The molecule has 0 saturated carbocycles. The zero-order chi connectivity index (χ0) is 21.3. The van der Waals surface area contributed by atoms with Crippen molar-refractivity contribution in [2.45, 2.75) is 26.7 Å². The van der Waals surface area contributed by atoms with Gasteiger partial charge in [0.1, 0.15) is 11.5 Å². The number of carbonyl (C=O) groups excluding carboxylic acids is 1. The van der Waals surface area contributed by atoms with Crippen LogP contribution in [0.1, 0.15) is 18.1 Å². The molecule has 30 heavy (non-hydrogen) atoms. The van der Waals surface area contributed by atoms with Crippen LogP contribution in [0, 0.1) is 0 Å². The average Bonchev–Trinajstić information content (AvgIpc) is 3.19. The van der Waals surface area contributed by atoms with Crippen LogP contribution in [0.4, 0.5) is 14.5 Å². The molecule has 0 aliphatic rings. The third-order valence-corrected chi connectivity index (χ3v) is 4.13. The Kier molecular flexibility index (Phi) is 7.15. The summed E-state index contributed by atoms with van der Waals surface area (Å²) in [6, 6.07) is 13.8. The first-order valence-electron chi connectivity index (χ1n) is 9.30. The van der Waals surface area contributed by atoms with Crippen LogP contribution in [0.15, 0.2) is 67.0 Å². The van der Waals surface area contributed by atoms with E-state index in [1.54, 1.807) is 29.1 Å². The number of ether oxygens (including phenoxy) is 2. The zero-order valence-electron chi connectivity index (χ0n) is 16.3. The maximum Gasteiger partial charge on any atom is 0.387 e. The van der Waals surface area contributed by atoms with Gasteiger partial charge >= 0.3 is 6.61 Å². The second-order valence-electron chi connectivity index (χ2n) is 6.31. The van der Waals surface area contributed by atoms with Gasteiger partial charge in [-0.25, -0.2) is 4.68 Å². The molecule has 0 fully saturated rings. The Labute approximate surface area is 172 Å². The Bertz CT molecular complexity index is 984. The highest BCUT2D eigenvalue weighted by atomic mass is 19.3. The van der Waals surface area contributed by atoms with Crippen LogP contribution in [0.25, 0.3) is 6.08 Å². The fraction of sp³-hybridized carbons (Fsp3) is 0.182. The number of aryl methyl sites for hydroxylation is 1. The first-order chi connectivity index (χ1) is 14.5. The minimum absolute atomic E-state index is 0.0579. The number of nitrogens with one attached hydrogen (secondary N) is 1. The van der Waals surface area contributed by atoms with Crippen LogP contribution in [-0.4, -0.2) is 22.3 Å². The van der Waals surface area contributed by atoms with E-state index in [0.29, 0.717) is 11.3 Å². The smallest absolute Gasteiger partial charge is 0.387 e. The molecule has 1 aromatic heterocycles. The van der Waals surface area contributed by atoms with Crippen molar-refractivity contribution in [1.82, 2.24) is 9.78 Å². The molecule has 6 nitrogen and oxygen atoms in total. The van der Waals surface area contributed by atoms with Gasteiger partial charge in [0.25, 0.3) is 0 Å². The lowest BCUT2D eigenvalue weighted by atomic mass is 10.2. The molecule has 0 spiro atoms. The van der Waals surface area contributed by atoms with Gasteiger partial charge in [0.05, 0.1) is 18.1 Å². The molecular weight excluding hydrogens is 392 g/mol. The SMILES string of the molecule is CCc1ccc(OCn2cc(NC(=O)/C=C\c3ccc(OC(F)F)cc3)cn2)cc1. The number of rotatable bonds is 9. The molecular formula is C22H21F2N3O3. The number of amides is 1. The molecule has 0 aliphatic heterocycles. The van der Waals surface area contributed by atoms with Crippen LogP contribution in [0.2, 0.25) is 0 Å². The third kappa shape index (κ3) is 6.44. The summed E-state index contributed by atoms with van der Waals surface area (Å²) >= 11 is 0. The van der Waals surface area contributed by atoms with Crippen molar-refractivity contribution in [1.29, 1.82) is 0 Å². The van der Waals surface area contributed by atoms with Crippen LogP contribution < -0.4 is 14.8 Å². The molecule has 1 N–H and O–H groups in total. The molecule has 0 atom stereocenters. The molecule has 0 radical (unpaired) electrons. The van der Waals surface area contributed by atoms with Gasteiger partial charge in [0, 0.05) is 6.08 Å². The monoisotopic (exact) mass is 413 g/mol. The highest BCUT2D eigenvalue weighted by molar-refractivity contribution is 6.01. The largest absolute Gasteiger partial charge is 0.471 e. The number of anilines is 1. The molecule has 2 aromatic carbocycles. The van der Waals surface area contributed by atoms with E-state index < -0.39 is 6.61 Å². The summed E-state index contributed by atoms with van der Waals surface area (Å²) in [7, 11) is 0. The molecule has 3 rings (SSSR count). The highest BCUT2D eigenvalue weighted by Crippen LogP contribution is 2.16. The van der Waals surface area contributed by atoms with Crippen LogP contribution in [-0.2, 0) is 17.9 Å². The molecule has 0 saturated heterocycles. The van der Waals surface area contributed by atoms with Gasteiger partial charge in [0.2, 0.25) is 5.91 Å². The number of halogens is 2. The van der Waals surface area contributed by atoms with Crippen LogP contribution in [0.5, 0.6) is 11.5 Å². The molecule has 8 heteroatoms. The number of benzene rings is 2. The number of carbonyl (C=O) groups is 1. The number of hydrogen-bond donors (Lipinski definition) is 1. The van der Waals surface area contributed by atoms with E-state index in [2.05, 4.69) is 22.1 Å². The van der Waals surface area contributed by atoms with E-state index in [9.17, 15) is 13.6 Å². The molecule has 3 aromatic rings. The summed E-state index contributed by atoms with van der Waals surface area (Å²) in [6.45, 7) is -0.568. The van der Waals surface area contributed by atoms with Crippen LogP contribution >= 0.6 is 0 Å². The molecule has 0 bridgehead atoms. The summed E-state index contributed by atoms with van der Waals surface area (Å²) in [4.78, 5) is 12.1. The molecule has 0 unspecified atom stereocenters. The van der Waals surface area contributed by atoms with Gasteiger partial charge in [-0.3, -0.25) is 4.79 Å². The van der Waals surface area contributed by atoms with E-state index in [1.165, 1.54) is 30.0 Å². The number of hydrogen-bond acceptors (Lipinski definition) is 4. The predicted molar refractivity (Wildman–Crippen MR) is 109 cm³/mol. The van der Waals surface area contributed by atoms with E-state index in [4.69, 9.17) is 4.74 Å². The maximum atomic E-state index is 12.1. The number of alkyl halides is 2. The van der Waals surface area contributed by atoms with Gasteiger partial charge < -0.3 is 14.8 Å². The third-order valence-electron chi connectivity index (χ3n) is 4.13. The zero-order valence-corrected chi connectivity index (χ0v) is 16.3. The Morgan fingerprint density at radius 3 is 2.50 bits per heavy atom. The summed E-state index contributed by atoms with van der Waals surface area (Å²) in [6.07, 6.45) is 7.05. The van der Waals surface area contributed by atoms with Gasteiger partial charge in [-0.15, -0.1) is 0 Å². The van der Waals surface area contributed by atoms with Crippen molar-refractivity contribution < 1.29 is 23.0 Å². The first kappa shape index (κ1) is 21.0. The predicted octanol–water partition coefficient (Wildman–Crippen LogP) is 4.74. The minimum atomic E-state index is -2.87. The Hall–Kier alpha value is -3.68. The van der Waals surface area contributed by atoms with E-state index in [-0.39, 0.29) is 18.4 Å². The Balaban J connectivity index is 1.48. The second kappa shape index (κ2) is 10.2. The lowest BCUT2D eigenvalue weighted by molar-refractivity contribution is -0.111. The standard InChI is InChI=1S/C22H21F2N3O3/c1-2-16-3-8-19(9-4-16)29-15-27-14-18(13-25-27)26-21(28)12-7-17-5-10-20(11-6-17)30-22(23)24/h3-14,22H,2,15H2,1H3,(H,26,28)/b12-7-. The van der Waals surface area contributed by atoms with Crippen molar-refractivity contribution >= 4 is 17.7 Å². The number of nitrogens with zero attached hydrogens (tertiary/aromatic N) is 2. The Morgan fingerprint density at radius 1 is 1.13 bits per heavy atom. The average molecular weight is 413 g/mol. The lowest BCUT2D eigenvalue weighted by Gasteiger charge is -2.06. The van der Waals surface area contributed by atoms with Gasteiger partial charge in [-0.05, 0) is 47.9 Å². The lowest BCUT2D eigenvalue weighted by Crippen LogP contribution is -2.08. The minimum Gasteiger partial charge on any atom is -0.471 e. The first-order valence-corrected chi connectivity index (χ1v) is 9.30. The summed E-state index contributed by atoms with van der Waals surface area (Å²) in [5, 5.41) is 6.84. The van der Waals surface area contributed by atoms with Gasteiger partial charge in [0.15, 0.2) is 6.73 Å². The van der Waals surface area contributed by atoms with E-state index in [1.807, 2.05) is 24.3 Å². The maximum absolute atomic E-state index is 12.1.